The minimum Gasteiger partial charge on any atom is -0.311 e. The lowest BCUT2D eigenvalue weighted by Gasteiger charge is -2.07. The Labute approximate surface area is 105 Å². The molecule has 1 rings (SSSR count). The van der Waals surface area contributed by atoms with Crippen molar-refractivity contribution in [2.24, 2.45) is 0 Å². The number of nitrogens with zero attached hydrogens (tertiary/aromatic N) is 1. The normalized spacial score (nSPS) is 10.4. The molecule has 1 N–H and O–H groups in total. The Balaban J connectivity index is 2.15. The van der Waals surface area contributed by atoms with Crippen molar-refractivity contribution in [3.05, 3.63) is 42.2 Å². The molecular formula is C15H24N2. The molecule has 94 valence electrons. The summed E-state index contributed by atoms with van der Waals surface area (Å²) in [5, 5.41) is 3.46. The van der Waals surface area contributed by atoms with Gasteiger partial charge in [0.1, 0.15) is 0 Å². The smallest absolute Gasteiger partial charge is 0.0573 e. The Hall–Kier alpha value is -1.15. The van der Waals surface area contributed by atoms with Gasteiger partial charge in [-0.3, -0.25) is 4.98 Å². The molecule has 1 aromatic heterocycles. The third-order valence-electron chi connectivity index (χ3n) is 2.92. The number of hydrogen-bond acceptors (Lipinski definition) is 2. The van der Waals surface area contributed by atoms with Crippen LogP contribution >= 0.6 is 0 Å². The first-order chi connectivity index (χ1) is 8.38. The van der Waals surface area contributed by atoms with Gasteiger partial charge in [-0.1, -0.05) is 25.5 Å². The summed E-state index contributed by atoms with van der Waals surface area (Å²) in [7, 11) is 0. The molecule has 0 spiro atoms. The van der Waals surface area contributed by atoms with Crippen molar-refractivity contribution < 1.29 is 0 Å². The lowest BCUT2D eigenvalue weighted by atomic mass is 10.1. The fourth-order valence-electron chi connectivity index (χ4n) is 1.87. The molecule has 0 aromatic carbocycles. The van der Waals surface area contributed by atoms with Gasteiger partial charge in [-0.05, 0) is 43.9 Å². The van der Waals surface area contributed by atoms with Crippen molar-refractivity contribution >= 4 is 0 Å². The lowest BCUT2D eigenvalue weighted by molar-refractivity contribution is 0.599. The molecule has 1 heterocycles. The van der Waals surface area contributed by atoms with Gasteiger partial charge in [0, 0.05) is 12.7 Å². The Morgan fingerprint density at radius 3 is 3.00 bits per heavy atom. The van der Waals surface area contributed by atoms with Gasteiger partial charge in [0.15, 0.2) is 0 Å². The van der Waals surface area contributed by atoms with Crippen LogP contribution in [0, 0.1) is 0 Å². The van der Waals surface area contributed by atoms with Crippen LogP contribution in [-0.2, 0) is 13.0 Å². The predicted octanol–water partition coefficient (Wildman–Crippen LogP) is 3.48. The molecule has 17 heavy (non-hydrogen) atoms. The molecule has 0 unspecified atom stereocenters. The highest BCUT2D eigenvalue weighted by atomic mass is 14.9. The highest BCUT2D eigenvalue weighted by molar-refractivity contribution is 5.19. The number of rotatable bonds is 9. The third-order valence-corrected chi connectivity index (χ3v) is 2.92. The summed E-state index contributed by atoms with van der Waals surface area (Å²) in [5.41, 5.74) is 2.55. The molecule has 0 aliphatic carbocycles. The molecule has 2 nitrogen and oxygen atoms in total. The van der Waals surface area contributed by atoms with Gasteiger partial charge in [0.05, 0.1) is 5.69 Å². The molecule has 0 saturated carbocycles. The second kappa shape index (κ2) is 8.94. The fraction of sp³-hybridized carbons (Fsp3) is 0.533. The second-order valence-corrected chi connectivity index (χ2v) is 4.28. The number of aromatic nitrogens is 1. The number of pyridine rings is 1. The summed E-state index contributed by atoms with van der Waals surface area (Å²) in [6.45, 7) is 7.88. The first kappa shape index (κ1) is 13.9. The Bertz CT molecular complexity index is 320. The standard InChI is InChI=1S/C15H24N2/c1-3-5-6-7-8-11-16-13-15-14(4-2)10-9-12-17-15/h3,9-10,12,16H,1,4-8,11,13H2,2H3. The zero-order valence-electron chi connectivity index (χ0n) is 10.9. The summed E-state index contributed by atoms with van der Waals surface area (Å²) < 4.78 is 0. The molecule has 0 amide bonds. The van der Waals surface area contributed by atoms with E-state index in [4.69, 9.17) is 0 Å². The minimum absolute atomic E-state index is 0.894. The number of unbranched alkanes of at least 4 members (excludes halogenated alkanes) is 3. The van der Waals surface area contributed by atoms with Gasteiger partial charge < -0.3 is 5.32 Å². The SMILES string of the molecule is C=CCCCCCNCc1ncccc1CC. The van der Waals surface area contributed by atoms with Gasteiger partial charge in [-0.15, -0.1) is 6.58 Å². The largest absolute Gasteiger partial charge is 0.311 e. The summed E-state index contributed by atoms with van der Waals surface area (Å²) in [4.78, 5) is 4.42. The maximum Gasteiger partial charge on any atom is 0.0573 e. The first-order valence-corrected chi connectivity index (χ1v) is 6.62. The van der Waals surface area contributed by atoms with E-state index in [1.807, 2.05) is 18.3 Å². The van der Waals surface area contributed by atoms with Crippen molar-refractivity contribution in [2.45, 2.75) is 45.6 Å². The maximum atomic E-state index is 4.42. The molecule has 0 saturated heterocycles. The van der Waals surface area contributed by atoms with E-state index in [0.29, 0.717) is 0 Å². The summed E-state index contributed by atoms with van der Waals surface area (Å²) in [5.74, 6) is 0. The number of hydrogen-bond donors (Lipinski definition) is 1. The molecule has 1 aromatic rings. The van der Waals surface area contributed by atoms with Crippen LogP contribution in [0.3, 0.4) is 0 Å². The quantitative estimate of drug-likeness (QED) is 0.521. The zero-order valence-corrected chi connectivity index (χ0v) is 10.9. The van der Waals surface area contributed by atoms with Crippen molar-refractivity contribution in [1.82, 2.24) is 10.3 Å². The van der Waals surface area contributed by atoms with E-state index in [1.165, 1.54) is 30.5 Å². The van der Waals surface area contributed by atoms with Crippen LogP contribution in [0.15, 0.2) is 31.0 Å². The highest BCUT2D eigenvalue weighted by Gasteiger charge is 1.99. The predicted molar refractivity (Wildman–Crippen MR) is 74.0 cm³/mol. The van der Waals surface area contributed by atoms with Crippen molar-refractivity contribution in [3.63, 3.8) is 0 Å². The summed E-state index contributed by atoms with van der Waals surface area (Å²) in [6.07, 6.45) is 9.85. The van der Waals surface area contributed by atoms with E-state index in [9.17, 15) is 0 Å². The van der Waals surface area contributed by atoms with E-state index in [2.05, 4.69) is 29.9 Å². The topological polar surface area (TPSA) is 24.9 Å². The average Bonchev–Trinajstić information content (AvgIpc) is 2.38. The lowest BCUT2D eigenvalue weighted by Crippen LogP contribution is -2.16. The van der Waals surface area contributed by atoms with Crippen molar-refractivity contribution in [3.8, 4) is 0 Å². The maximum absolute atomic E-state index is 4.42. The first-order valence-electron chi connectivity index (χ1n) is 6.62. The van der Waals surface area contributed by atoms with E-state index in [-0.39, 0.29) is 0 Å². The van der Waals surface area contributed by atoms with Crippen LogP contribution in [0.2, 0.25) is 0 Å². The third kappa shape index (κ3) is 5.64. The minimum atomic E-state index is 0.894. The number of allylic oxidation sites excluding steroid dienone is 1. The molecular weight excluding hydrogens is 208 g/mol. The van der Waals surface area contributed by atoms with E-state index >= 15 is 0 Å². The van der Waals surface area contributed by atoms with Crippen molar-refractivity contribution in [2.75, 3.05) is 6.54 Å². The van der Waals surface area contributed by atoms with Crippen LogP contribution in [0.5, 0.6) is 0 Å². The van der Waals surface area contributed by atoms with E-state index in [0.717, 1.165) is 25.9 Å². The Kier molecular flexibility index (Phi) is 7.32. The summed E-state index contributed by atoms with van der Waals surface area (Å²) in [6, 6.07) is 4.17. The molecule has 0 aliphatic rings. The number of nitrogens with one attached hydrogen (secondary N) is 1. The van der Waals surface area contributed by atoms with Crippen LogP contribution in [0.25, 0.3) is 0 Å². The second-order valence-electron chi connectivity index (χ2n) is 4.28. The number of aryl methyl sites for hydroxylation is 1. The van der Waals surface area contributed by atoms with Crippen LogP contribution in [0.4, 0.5) is 0 Å². The van der Waals surface area contributed by atoms with Gasteiger partial charge >= 0.3 is 0 Å². The Morgan fingerprint density at radius 1 is 1.35 bits per heavy atom. The summed E-state index contributed by atoms with van der Waals surface area (Å²) >= 11 is 0. The molecule has 0 fully saturated rings. The zero-order chi connectivity index (χ0) is 12.3. The molecule has 0 bridgehead atoms. The van der Waals surface area contributed by atoms with Crippen LogP contribution < -0.4 is 5.32 Å². The Morgan fingerprint density at radius 2 is 2.24 bits per heavy atom. The average molecular weight is 232 g/mol. The van der Waals surface area contributed by atoms with Gasteiger partial charge in [0.2, 0.25) is 0 Å². The van der Waals surface area contributed by atoms with E-state index in [1.54, 1.807) is 0 Å². The van der Waals surface area contributed by atoms with Gasteiger partial charge in [0.25, 0.3) is 0 Å². The van der Waals surface area contributed by atoms with E-state index < -0.39 is 0 Å². The molecule has 0 atom stereocenters. The highest BCUT2D eigenvalue weighted by Crippen LogP contribution is 2.05. The van der Waals surface area contributed by atoms with Crippen LogP contribution in [0.1, 0.15) is 43.9 Å². The van der Waals surface area contributed by atoms with Gasteiger partial charge in [-0.25, -0.2) is 0 Å². The van der Waals surface area contributed by atoms with Crippen molar-refractivity contribution in [1.29, 1.82) is 0 Å². The van der Waals surface area contributed by atoms with Crippen LogP contribution in [-0.4, -0.2) is 11.5 Å². The molecule has 2 heteroatoms. The molecule has 0 radical (unpaired) electrons. The van der Waals surface area contributed by atoms with Gasteiger partial charge in [-0.2, -0.15) is 0 Å². The monoisotopic (exact) mass is 232 g/mol. The molecule has 0 aliphatic heterocycles. The fourth-order valence-corrected chi connectivity index (χ4v) is 1.87.